The van der Waals surface area contributed by atoms with Crippen molar-refractivity contribution in [1.29, 1.82) is 0 Å². The fraction of sp³-hybridized carbons (Fsp3) is 0.429. The lowest BCUT2D eigenvalue weighted by Crippen LogP contribution is -2.08. The maximum Gasteiger partial charge on any atom is 0.757 e. The molecule has 1 heterocycles. The molecule has 56 valence electrons. The molecule has 4 heteroatoms. The quantitative estimate of drug-likeness (QED) is 0.248. The van der Waals surface area contributed by atoms with E-state index in [1.54, 1.807) is 0 Å². The lowest BCUT2D eigenvalue weighted by Gasteiger charge is -1.92. The molecule has 0 bridgehead atoms. The minimum Gasteiger partial charge on any atom is -0.453 e. The zero-order valence-electron chi connectivity index (χ0n) is 6.20. The van der Waals surface area contributed by atoms with Gasteiger partial charge >= 0.3 is 17.7 Å². The van der Waals surface area contributed by atoms with Crippen LogP contribution >= 0.6 is 0 Å². The topological polar surface area (TPSA) is 54.5 Å². The van der Waals surface area contributed by atoms with Crippen LogP contribution in [0, 0.1) is 0 Å². The molecule has 1 unspecified atom stereocenters. The average molecular weight is 152 g/mol. The summed E-state index contributed by atoms with van der Waals surface area (Å²) in [5.41, 5.74) is 0.366. The molecule has 0 N–H and O–H groups in total. The molecule has 0 radical (unpaired) electrons. The fourth-order valence-electron chi connectivity index (χ4n) is 0.835. The van der Waals surface area contributed by atoms with Crippen LogP contribution in [0.4, 0.5) is 0 Å². The predicted molar refractivity (Wildman–Crippen MR) is 41.6 cm³/mol. The summed E-state index contributed by atoms with van der Waals surface area (Å²) < 4.78 is 11.7. The van der Waals surface area contributed by atoms with Crippen LogP contribution in [-0.2, 0) is 9.53 Å². The van der Waals surface area contributed by atoms with Crippen LogP contribution in [0.1, 0.15) is 13.3 Å². The van der Waals surface area contributed by atoms with Gasteiger partial charge in [0, 0.05) is 4.67 Å². The molecule has 0 aliphatic carbocycles. The molecule has 1 aliphatic rings. The van der Waals surface area contributed by atoms with E-state index in [0.717, 1.165) is 0 Å². The maximum atomic E-state index is 10.8. The highest BCUT2D eigenvalue weighted by Gasteiger charge is 2.36. The summed E-state index contributed by atoms with van der Waals surface area (Å²) >= 11 is 0. The standard InChI is InChI=1S/C7H8N2O2/c1-5-3-6(7(10)11-5)9-4-8-2/h5H,2-3H2,1H3/q+2. The lowest BCUT2D eigenvalue weighted by molar-refractivity contribution is -0.136. The third kappa shape index (κ3) is 1.66. The van der Waals surface area contributed by atoms with E-state index in [4.69, 9.17) is 4.74 Å². The highest BCUT2D eigenvalue weighted by Crippen LogP contribution is 2.07. The Balaban J connectivity index is 3.01. The number of rotatable bonds is 0. The van der Waals surface area contributed by atoms with E-state index in [1.165, 1.54) is 0 Å². The van der Waals surface area contributed by atoms with E-state index < -0.39 is 0 Å². The molecule has 1 fully saturated rings. The van der Waals surface area contributed by atoms with Gasteiger partial charge in [-0.05, 0) is 6.92 Å². The third-order valence-electron chi connectivity index (χ3n) is 1.28. The third-order valence-corrected chi connectivity index (χ3v) is 1.28. The molecule has 0 aromatic rings. The summed E-state index contributed by atoms with van der Waals surface area (Å²) in [7, 11) is 0. The lowest BCUT2D eigenvalue weighted by atomic mass is 10.2. The second-order valence-electron chi connectivity index (χ2n) is 2.24. The minimum absolute atomic E-state index is 0.0761. The number of carbonyl (C=O) groups is 1. The van der Waals surface area contributed by atoms with Crippen molar-refractivity contribution in [3.63, 3.8) is 0 Å². The number of ether oxygens (including phenoxy) is 1. The fourth-order valence-corrected chi connectivity index (χ4v) is 0.835. The summed E-state index contributed by atoms with van der Waals surface area (Å²) in [6.07, 6.45) is 0.453. The number of esters is 1. The van der Waals surface area contributed by atoms with Crippen LogP contribution in [-0.4, -0.2) is 30.5 Å². The second-order valence-corrected chi connectivity index (χ2v) is 2.24. The molecule has 0 aromatic heterocycles. The van der Waals surface area contributed by atoms with Crippen molar-refractivity contribution < 1.29 is 9.53 Å². The van der Waals surface area contributed by atoms with Gasteiger partial charge in [0.25, 0.3) is 6.72 Å². The zero-order valence-corrected chi connectivity index (χ0v) is 6.20. The summed E-state index contributed by atoms with van der Waals surface area (Å²) in [6, 6.07) is 2.24. The molecule has 1 aliphatic heterocycles. The molecule has 0 spiro atoms. The van der Waals surface area contributed by atoms with E-state index in [9.17, 15) is 4.79 Å². The molecular weight excluding hydrogens is 144 g/mol. The Kier molecular flexibility index (Phi) is 2.05. The van der Waals surface area contributed by atoms with Crippen LogP contribution in [0.15, 0.2) is 0 Å². The van der Waals surface area contributed by atoms with Gasteiger partial charge < -0.3 is 4.74 Å². The predicted octanol–water partition coefficient (Wildman–Crippen LogP) is -1.23. The molecule has 0 amide bonds. The number of nitrogens with zero attached hydrogens (tertiary/aromatic N) is 2. The largest absolute Gasteiger partial charge is 0.757 e. The normalized spacial score (nSPS) is 21.7. The molecule has 1 rings (SSSR count). The summed E-state index contributed by atoms with van der Waals surface area (Å²) in [6.45, 7) is 4.95. The van der Waals surface area contributed by atoms with Crippen LogP contribution in [0.2, 0.25) is 0 Å². The van der Waals surface area contributed by atoms with Crippen LogP contribution in [0.25, 0.3) is 0 Å². The summed E-state index contributed by atoms with van der Waals surface area (Å²) in [5.74, 6) is -0.381. The van der Waals surface area contributed by atoms with Gasteiger partial charge in [-0.2, -0.15) is 0 Å². The number of hydrogen-bond donors (Lipinski definition) is 0. The molecule has 11 heavy (non-hydrogen) atoms. The van der Waals surface area contributed by atoms with Crippen LogP contribution in [0.5, 0.6) is 0 Å². The molecule has 1 saturated heterocycles. The van der Waals surface area contributed by atoms with E-state index in [1.807, 2.05) is 6.92 Å². The van der Waals surface area contributed by atoms with E-state index in [2.05, 4.69) is 22.1 Å². The van der Waals surface area contributed by atoms with E-state index >= 15 is 0 Å². The number of carbonyl (C=O) groups excluding carboxylic acids is 1. The van der Waals surface area contributed by atoms with Crippen LogP contribution in [0.3, 0.4) is 0 Å². The first-order chi connectivity index (χ1) is 5.24. The van der Waals surface area contributed by atoms with Crippen molar-refractivity contribution in [2.75, 3.05) is 0 Å². The van der Waals surface area contributed by atoms with Gasteiger partial charge in [0.1, 0.15) is 6.10 Å². The van der Waals surface area contributed by atoms with Crippen LogP contribution < -0.4 is 9.34 Å². The Hall–Kier alpha value is -1.59. The molecular formula is C7H8N2O2+2. The smallest absolute Gasteiger partial charge is 0.453 e. The molecule has 1 atom stereocenters. The van der Waals surface area contributed by atoms with Crippen molar-refractivity contribution in [2.24, 2.45) is 0 Å². The van der Waals surface area contributed by atoms with Gasteiger partial charge in [-0.3, -0.25) is 0 Å². The summed E-state index contributed by atoms with van der Waals surface area (Å²) in [5, 5.41) is 0. The van der Waals surface area contributed by atoms with Crippen molar-refractivity contribution in [3.8, 4) is 0 Å². The van der Waals surface area contributed by atoms with Crippen molar-refractivity contribution in [2.45, 2.75) is 19.4 Å². The minimum atomic E-state index is -0.381. The first-order valence-electron chi connectivity index (χ1n) is 3.22. The Morgan fingerprint density at radius 3 is 3.00 bits per heavy atom. The molecule has 4 nitrogen and oxygen atoms in total. The Labute approximate surface area is 63.7 Å². The van der Waals surface area contributed by atoms with Gasteiger partial charge in [0.05, 0.1) is 11.1 Å². The highest BCUT2D eigenvalue weighted by molar-refractivity contribution is 6.37. The molecule has 0 aromatic carbocycles. The Morgan fingerprint density at radius 1 is 1.82 bits per heavy atom. The average Bonchev–Trinajstić information content (AvgIpc) is 2.26. The monoisotopic (exact) mass is 152 g/mol. The SMILES string of the molecule is C=[N+]=C=[N+]=C1CC(C)OC1=O. The van der Waals surface area contributed by atoms with Gasteiger partial charge in [0.15, 0.2) is 0 Å². The van der Waals surface area contributed by atoms with Gasteiger partial charge in [0.2, 0.25) is 0 Å². The number of hydrogen-bond acceptors (Lipinski definition) is 2. The van der Waals surface area contributed by atoms with Crippen molar-refractivity contribution >= 4 is 24.4 Å². The maximum absolute atomic E-state index is 10.8. The van der Waals surface area contributed by atoms with E-state index in [0.29, 0.717) is 12.1 Å². The first kappa shape index (κ1) is 7.52. The second kappa shape index (κ2) is 3.00. The first-order valence-corrected chi connectivity index (χ1v) is 3.22. The van der Waals surface area contributed by atoms with Gasteiger partial charge in [-0.1, -0.05) is 0 Å². The van der Waals surface area contributed by atoms with Crippen molar-refractivity contribution in [1.82, 2.24) is 9.34 Å². The summed E-state index contributed by atoms with van der Waals surface area (Å²) in [4.78, 5) is 10.8. The zero-order chi connectivity index (χ0) is 8.27. The van der Waals surface area contributed by atoms with Gasteiger partial charge in [-0.25, -0.2) is 4.79 Å². The van der Waals surface area contributed by atoms with E-state index in [-0.39, 0.29) is 12.1 Å². The Morgan fingerprint density at radius 2 is 2.55 bits per heavy atom. The van der Waals surface area contributed by atoms with Crippen molar-refractivity contribution in [3.05, 3.63) is 0 Å². The number of cyclic esters (lactones) is 1. The molecule has 0 saturated carbocycles. The highest BCUT2D eigenvalue weighted by atomic mass is 16.5. The van der Waals surface area contributed by atoms with Gasteiger partial charge in [-0.15, -0.1) is 0 Å². The Bertz CT molecular complexity index is 302.